The van der Waals surface area contributed by atoms with Crippen LogP contribution in [0.25, 0.3) is 10.9 Å². The molecule has 144 valence electrons. The zero-order valence-corrected chi connectivity index (χ0v) is 17.8. The summed E-state index contributed by atoms with van der Waals surface area (Å²) >= 11 is 0. The summed E-state index contributed by atoms with van der Waals surface area (Å²) in [5.74, 6) is 0.622. The molecule has 26 heavy (non-hydrogen) atoms. The van der Waals surface area contributed by atoms with Crippen LogP contribution in [0.15, 0.2) is 17.0 Å². The molecule has 5 heteroatoms. The van der Waals surface area contributed by atoms with Crippen LogP contribution in [0.5, 0.6) is 0 Å². The number of aromatic amines is 1. The van der Waals surface area contributed by atoms with Crippen LogP contribution >= 0.6 is 0 Å². The van der Waals surface area contributed by atoms with E-state index >= 15 is 0 Å². The molecule has 0 saturated carbocycles. The van der Waals surface area contributed by atoms with Gasteiger partial charge in [-0.1, -0.05) is 40.7 Å². The molecule has 0 radical (unpaired) electrons. The molecule has 4 nitrogen and oxygen atoms in total. The van der Waals surface area contributed by atoms with Crippen LogP contribution in [0, 0.1) is 18.3 Å². The van der Waals surface area contributed by atoms with E-state index in [2.05, 4.69) is 32.7 Å². The molecule has 0 fully saturated rings. The van der Waals surface area contributed by atoms with E-state index in [9.17, 15) is 8.42 Å². The second kappa shape index (κ2) is 6.68. The highest BCUT2D eigenvalue weighted by molar-refractivity contribution is 7.89. The summed E-state index contributed by atoms with van der Waals surface area (Å²) < 4.78 is 27.9. The van der Waals surface area contributed by atoms with Crippen molar-refractivity contribution in [2.24, 2.45) is 11.3 Å². The van der Waals surface area contributed by atoms with Crippen molar-refractivity contribution >= 4 is 20.9 Å². The lowest BCUT2D eigenvalue weighted by Crippen LogP contribution is -2.30. The van der Waals surface area contributed by atoms with Gasteiger partial charge < -0.3 is 4.98 Å². The average Bonchev–Trinajstić information content (AvgIpc) is 2.94. The molecule has 1 aliphatic rings. The topological polar surface area (TPSA) is 53.2 Å². The molecular formula is C21H32N2O2S. The Kier molecular flexibility index (Phi) is 4.99. The van der Waals surface area contributed by atoms with E-state index in [4.69, 9.17) is 0 Å². The van der Waals surface area contributed by atoms with Gasteiger partial charge in [-0.2, -0.15) is 4.31 Å². The van der Waals surface area contributed by atoms with Crippen molar-refractivity contribution < 1.29 is 8.42 Å². The van der Waals surface area contributed by atoms with Gasteiger partial charge in [-0.15, -0.1) is 0 Å². The van der Waals surface area contributed by atoms with Gasteiger partial charge in [-0.25, -0.2) is 8.42 Å². The van der Waals surface area contributed by atoms with Crippen molar-refractivity contribution in [3.63, 3.8) is 0 Å². The highest BCUT2D eigenvalue weighted by Crippen LogP contribution is 2.41. The van der Waals surface area contributed by atoms with Crippen LogP contribution in [0.4, 0.5) is 0 Å². The molecule has 2 aromatic rings. The lowest BCUT2D eigenvalue weighted by molar-refractivity contribution is 0.216. The number of hydrogen-bond donors (Lipinski definition) is 1. The van der Waals surface area contributed by atoms with Crippen LogP contribution in [0.1, 0.15) is 57.9 Å². The molecular weight excluding hydrogens is 344 g/mol. The minimum Gasteiger partial charge on any atom is -0.357 e. The lowest BCUT2D eigenvalue weighted by Gasteiger charge is -2.34. The first-order valence-electron chi connectivity index (χ1n) is 9.74. The van der Waals surface area contributed by atoms with E-state index in [1.54, 1.807) is 6.07 Å². The SMILES string of the molecule is CCN(CC)S(=O)(=O)c1ccc(C)c2c3c([nH]c12)CCC(C(C)(C)C)C3. The molecule has 0 saturated heterocycles. The number of aryl methyl sites for hydroxylation is 2. The molecule has 1 heterocycles. The first-order valence-corrected chi connectivity index (χ1v) is 11.2. The maximum absolute atomic E-state index is 13.2. The molecule has 1 aromatic heterocycles. The van der Waals surface area contributed by atoms with E-state index in [1.165, 1.54) is 15.6 Å². The molecule has 3 rings (SSSR count). The Morgan fingerprint density at radius 2 is 1.85 bits per heavy atom. The van der Waals surface area contributed by atoms with E-state index in [0.29, 0.717) is 23.9 Å². The molecule has 0 spiro atoms. The van der Waals surface area contributed by atoms with E-state index in [0.717, 1.165) is 35.7 Å². The summed E-state index contributed by atoms with van der Waals surface area (Å²) in [5.41, 5.74) is 4.79. The third kappa shape index (κ3) is 3.09. The number of hydrogen-bond acceptors (Lipinski definition) is 2. The second-order valence-electron chi connectivity index (χ2n) is 8.61. The average molecular weight is 377 g/mol. The van der Waals surface area contributed by atoms with Crippen LogP contribution < -0.4 is 0 Å². The predicted octanol–water partition coefficient (Wildman–Crippen LogP) is 4.66. The number of rotatable bonds is 4. The fourth-order valence-corrected chi connectivity index (χ4v) is 5.95. The summed E-state index contributed by atoms with van der Waals surface area (Å²) in [5, 5.41) is 1.13. The van der Waals surface area contributed by atoms with Crippen LogP contribution in [0.2, 0.25) is 0 Å². The van der Waals surface area contributed by atoms with Gasteiger partial charge in [0, 0.05) is 24.2 Å². The normalized spacial score (nSPS) is 18.5. The van der Waals surface area contributed by atoms with Gasteiger partial charge in [0.05, 0.1) is 5.52 Å². The Hall–Kier alpha value is -1.33. The minimum atomic E-state index is -3.48. The highest BCUT2D eigenvalue weighted by atomic mass is 32.2. The first-order chi connectivity index (χ1) is 12.1. The molecule has 0 bridgehead atoms. The minimum absolute atomic E-state index is 0.264. The molecule has 1 unspecified atom stereocenters. The summed E-state index contributed by atoms with van der Waals surface area (Å²) in [6.45, 7) is 13.8. The number of benzene rings is 1. The fourth-order valence-electron chi connectivity index (χ4n) is 4.34. The predicted molar refractivity (Wildman–Crippen MR) is 108 cm³/mol. The van der Waals surface area contributed by atoms with Gasteiger partial charge in [0.1, 0.15) is 4.90 Å². The second-order valence-corrected chi connectivity index (χ2v) is 10.5. The van der Waals surface area contributed by atoms with Gasteiger partial charge in [0.15, 0.2) is 0 Å². The molecule has 0 aliphatic heterocycles. The zero-order valence-electron chi connectivity index (χ0n) is 16.9. The lowest BCUT2D eigenvalue weighted by atomic mass is 9.71. The van der Waals surface area contributed by atoms with Crippen molar-refractivity contribution in [1.82, 2.24) is 9.29 Å². The monoisotopic (exact) mass is 376 g/mol. The van der Waals surface area contributed by atoms with Crippen LogP contribution in [0.3, 0.4) is 0 Å². The van der Waals surface area contributed by atoms with Gasteiger partial charge in [-0.05, 0) is 54.7 Å². The molecule has 0 amide bonds. The van der Waals surface area contributed by atoms with E-state index in [-0.39, 0.29) is 5.41 Å². The Morgan fingerprint density at radius 3 is 2.42 bits per heavy atom. The van der Waals surface area contributed by atoms with E-state index in [1.807, 2.05) is 19.9 Å². The number of fused-ring (bicyclic) bond motifs is 3. The Morgan fingerprint density at radius 1 is 1.19 bits per heavy atom. The third-order valence-corrected chi connectivity index (χ3v) is 8.15. The van der Waals surface area contributed by atoms with Gasteiger partial charge >= 0.3 is 0 Å². The Bertz CT molecular complexity index is 916. The standard InChI is InChI=1S/C21H32N2O2S/c1-7-23(8-2)26(24,25)18-12-9-14(3)19-16-13-15(21(4,5)6)10-11-17(16)22-20(18)19/h9,12,15,22H,7-8,10-11,13H2,1-6H3. The van der Waals surface area contributed by atoms with Gasteiger partial charge in [0.25, 0.3) is 0 Å². The van der Waals surface area contributed by atoms with Gasteiger partial charge in [-0.3, -0.25) is 0 Å². The highest BCUT2D eigenvalue weighted by Gasteiger charge is 2.33. The third-order valence-electron chi connectivity index (χ3n) is 6.06. The molecule has 1 N–H and O–H groups in total. The number of aromatic nitrogens is 1. The van der Waals surface area contributed by atoms with Crippen LogP contribution in [-0.2, 0) is 22.9 Å². The molecule has 1 aliphatic carbocycles. The summed E-state index contributed by atoms with van der Waals surface area (Å²) in [4.78, 5) is 3.92. The summed E-state index contributed by atoms with van der Waals surface area (Å²) in [7, 11) is -3.48. The van der Waals surface area contributed by atoms with E-state index < -0.39 is 10.0 Å². The van der Waals surface area contributed by atoms with Crippen molar-refractivity contribution in [3.05, 3.63) is 29.0 Å². The van der Waals surface area contributed by atoms with Crippen molar-refractivity contribution in [2.45, 2.75) is 65.7 Å². The maximum atomic E-state index is 13.2. The fraction of sp³-hybridized carbons (Fsp3) is 0.619. The zero-order chi connectivity index (χ0) is 19.3. The van der Waals surface area contributed by atoms with Crippen LogP contribution in [-0.4, -0.2) is 30.8 Å². The Labute approximate surface area is 158 Å². The maximum Gasteiger partial charge on any atom is 0.245 e. The number of nitrogens with zero attached hydrogens (tertiary/aromatic N) is 1. The van der Waals surface area contributed by atoms with Crippen molar-refractivity contribution in [3.8, 4) is 0 Å². The number of nitrogens with one attached hydrogen (secondary N) is 1. The summed E-state index contributed by atoms with van der Waals surface area (Å²) in [6.07, 6.45) is 3.17. The summed E-state index contributed by atoms with van der Waals surface area (Å²) in [6, 6.07) is 3.74. The smallest absolute Gasteiger partial charge is 0.245 e. The molecule has 1 atom stereocenters. The first kappa shape index (κ1) is 19.4. The molecule has 1 aromatic carbocycles. The van der Waals surface area contributed by atoms with Crippen molar-refractivity contribution in [2.75, 3.05) is 13.1 Å². The van der Waals surface area contributed by atoms with Gasteiger partial charge in [0.2, 0.25) is 10.0 Å². The van der Waals surface area contributed by atoms with Crippen molar-refractivity contribution in [1.29, 1.82) is 0 Å². The number of sulfonamides is 1. The Balaban J connectivity index is 2.20. The largest absolute Gasteiger partial charge is 0.357 e. The quantitative estimate of drug-likeness (QED) is 0.844. The number of H-pyrrole nitrogens is 1.